The van der Waals surface area contributed by atoms with Gasteiger partial charge in [-0.2, -0.15) is 0 Å². The molecule has 1 heterocycles. The van der Waals surface area contributed by atoms with Crippen LogP contribution in [0, 0.1) is 4.84 Å². The van der Waals surface area contributed by atoms with Gasteiger partial charge in [0.15, 0.2) is 0 Å². The van der Waals surface area contributed by atoms with E-state index in [1.807, 2.05) is 0 Å². The average Bonchev–Trinajstić information content (AvgIpc) is 2.85. The Morgan fingerprint density at radius 1 is 1.50 bits per heavy atom. The van der Waals surface area contributed by atoms with Crippen molar-refractivity contribution in [1.82, 2.24) is 15.5 Å². The normalized spacial score (nSPS) is 12.1. The second-order valence-corrected chi connectivity index (χ2v) is 4.76. The van der Waals surface area contributed by atoms with Crippen molar-refractivity contribution in [3.63, 3.8) is 0 Å². The van der Waals surface area contributed by atoms with Crippen molar-refractivity contribution >= 4 is 18.1 Å². The zero-order valence-electron chi connectivity index (χ0n) is 10.9. The van der Waals surface area contributed by atoms with E-state index in [9.17, 15) is 4.79 Å². The van der Waals surface area contributed by atoms with Crippen molar-refractivity contribution in [3.8, 4) is 11.5 Å². The minimum absolute atomic E-state index is 0.180. The van der Waals surface area contributed by atoms with Crippen molar-refractivity contribution in [2.24, 2.45) is 0 Å². The Kier molecular flexibility index (Phi) is 4.65. The molecule has 1 amide bonds. The number of nitrogens with one attached hydrogen (secondary N) is 2. The van der Waals surface area contributed by atoms with Gasteiger partial charge in [0, 0.05) is 17.7 Å². The van der Waals surface area contributed by atoms with Gasteiger partial charge in [-0.15, -0.1) is 5.10 Å². The number of aromatic nitrogens is 2. The molecule has 0 fully saturated rings. The standard InChI is InChI=1S/C13H15N3O3S/c1-8(17)6-7-14-11(18)9-2-4-10(5-3-9)12-15-16-13(20)19-12/h2-5,8,17H,6-7H2,1H3,(H,14,18)(H,16,20)/t8-/m0/s1. The summed E-state index contributed by atoms with van der Waals surface area (Å²) in [6.07, 6.45) is 0.101. The van der Waals surface area contributed by atoms with Gasteiger partial charge in [-0.25, -0.2) is 5.10 Å². The summed E-state index contributed by atoms with van der Waals surface area (Å²) < 4.78 is 5.18. The molecule has 0 spiro atoms. The third kappa shape index (κ3) is 3.75. The van der Waals surface area contributed by atoms with Crippen molar-refractivity contribution in [1.29, 1.82) is 0 Å². The van der Waals surface area contributed by atoms with Gasteiger partial charge in [0.1, 0.15) is 0 Å². The first-order valence-electron chi connectivity index (χ1n) is 6.18. The Labute approximate surface area is 120 Å². The summed E-state index contributed by atoms with van der Waals surface area (Å²) in [7, 11) is 0. The Hall–Kier alpha value is -1.99. The molecule has 106 valence electrons. The number of carbonyl (C=O) groups excluding carboxylic acids is 1. The molecule has 6 nitrogen and oxygen atoms in total. The SMILES string of the molecule is C[C@H](O)CCNC(=O)c1ccc(-c2n[nH]c(=S)o2)cc1. The highest BCUT2D eigenvalue weighted by molar-refractivity contribution is 7.71. The van der Waals surface area contributed by atoms with Gasteiger partial charge in [-0.3, -0.25) is 4.79 Å². The number of hydrogen-bond acceptors (Lipinski definition) is 5. The van der Waals surface area contributed by atoms with Crippen molar-refractivity contribution in [2.75, 3.05) is 6.54 Å². The molecule has 1 aromatic carbocycles. The molecule has 0 unspecified atom stereocenters. The van der Waals surface area contributed by atoms with E-state index in [2.05, 4.69) is 15.5 Å². The second-order valence-electron chi connectivity index (χ2n) is 4.39. The lowest BCUT2D eigenvalue weighted by Crippen LogP contribution is -2.26. The van der Waals surface area contributed by atoms with Gasteiger partial charge in [-0.1, -0.05) is 0 Å². The second kappa shape index (κ2) is 6.44. The molecule has 2 aromatic rings. The van der Waals surface area contributed by atoms with Gasteiger partial charge in [-0.05, 0) is 49.8 Å². The van der Waals surface area contributed by atoms with Crippen LogP contribution in [0.15, 0.2) is 28.7 Å². The fraction of sp³-hybridized carbons (Fsp3) is 0.308. The zero-order chi connectivity index (χ0) is 14.5. The predicted molar refractivity (Wildman–Crippen MR) is 75.8 cm³/mol. The highest BCUT2D eigenvalue weighted by atomic mass is 32.1. The molecule has 0 bridgehead atoms. The Morgan fingerprint density at radius 2 is 2.20 bits per heavy atom. The molecular weight excluding hydrogens is 278 g/mol. The van der Waals surface area contributed by atoms with E-state index in [1.54, 1.807) is 31.2 Å². The molecule has 7 heteroatoms. The van der Waals surface area contributed by atoms with E-state index in [0.717, 1.165) is 5.56 Å². The summed E-state index contributed by atoms with van der Waals surface area (Å²) in [5.41, 5.74) is 1.27. The first-order valence-corrected chi connectivity index (χ1v) is 6.59. The van der Waals surface area contributed by atoms with Gasteiger partial charge in [0.25, 0.3) is 10.7 Å². The van der Waals surface area contributed by atoms with Crippen LogP contribution in [-0.2, 0) is 0 Å². The fourth-order valence-corrected chi connectivity index (χ4v) is 1.74. The number of benzene rings is 1. The highest BCUT2D eigenvalue weighted by Crippen LogP contribution is 2.17. The first-order chi connectivity index (χ1) is 9.56. The van der Waals surface area contributed by atoms with Crippen LogP contribution in [0.2, 0.25) is 0 Å². The lowest BCUT2D eigenvalue weighted by molar-refractivity contribution is 0.0945. The third-order valence-corrected chi connectivity index (χ3v) is 2.85. The summed E-state index contributed by atoms with van der Waals surface area (Å²) >= 11 is 4.80. The number of aliphatic hydroxyl groups excluding tert-OH is 1. The molecule has 0 saturated carbocycles. The summed E-state index contributed by atoms with van der Waals surface area (Å²) in [6.45, 7) is 2.12. The van der Waals surface area contributed by atoms with E-state index in [4.69, 9.17) is 21.7 Å². The third-order valence-electron chi connectivity index (χ3n) is 2.68. The maximum absolute atomic E-state index is 11.8. The van der Waals surface area contributed by atoms with Crippen LogP contribution < -0.4 is 5.32 Å². The number of nitrogens with zero attached hydrogens (tertiary/aromatic N) is 1. The minimum Gasteiger partial charge on any atom is -0.409 e. The molecule has 0 aliphatic rings. The predicted octanol–water partition coefficient (Wildman–Crippen LogP) is 1.90. The van der Waals surface area contributed by atoms with Crippen LogP contribution in [0.25, 0.3) is 11.5 Å². The van der Waals surface area contributed by atoms with Crippen molar-refractivity contribution < 1.29 is 14.3 Å². The van der Waals surface area contributed by atoms with Gasteiger partial charge >= 0.3 is 0 Å². The zero-order valence-corrected chi connectivity index (χ0v) is 11.7. The molecule has 0 aliphatic heterocycles. The van der Waals surface area contributed by atoms with Crippen molar-refractivity contribution in [2.45, 2.75) is 19.4 Å². The number of amides is 1. The van der Waals surface area contributed by atoms with Gasteiger partial charge in [0.05, 0.1) is 6.10 Å². The number of carbonyl (C=O) groups is 1. The van der Waals surface area contributed by atoms with Gasteiger partial charge in [0.2, 0.25) is 5.89 Å². The molecule has 2 rings (SSSR count). The smallest absolute Gasteiger partial charge is 0.284 e. The van der Waals surface area contributed by atoms with Crippen LogP contribution in [0.3, 0.4) is 0 Å². The fourth-order valence-electron chi connectivity index (χ4n) is 1.61. The van der Waals surface area contributed by atoms with Crippen LogP contribution in [-0.4, -0.2) is 33.9 Å². The summed E-state index contributed by atoms with van der Waals surface area (Å²) in [4.78, 5) is 12.0. The molecule has 20 heavy (non-hydrogen) atoms. The molecule has 1 aromatic heterocycles. The average molecular weight is 293 g/mol. The molecule has 1 atom stereocenters. The summed E-state index contributed by atoms with van der Waals surface area (Å²) in [5.74, 6) is 0.205. The minimum atomic E-state index is -0.424. The lowest BCUT2D eigenvalue weighted by atomic mass is 10.1. The van der Waals surface area contributed by atoms with E-state index in [0.29, 0.717) is 24.4 Å². The largest absolute Gasteiger partial charge is 0.409 e. The van der Waals surface area contributed by atoms with E-state index >= 15 is 0 Å². The van der Waals surface area contributed by atoms with E-state index < -0.39 is 6.10 Å². The number of hydrogen-bond donors (Lipinski definition) is 3. The maximum Gasteiger partial charge on any atom is 0.284 e. The maximum atomic E-state index is 11.8. The highest BCUT2D eigenvalue weighted by Gasteiger charge is 2.08. The van der Waals surface area contributed by atoms with Crippen LogP contribution in [0.4, 0.5) is 0 Å². The number of aromatic amines is 1. The number of rotatable bonds is 5. The summed E-state index contributed by atoms with van der Waals surface area (Å²) in [5, 5.41) is 18.3. The Morgan fingerprint density at radius 3 is 2.75 bits per heavy atom. The topological polar surface area (TPSA) is 91.1 Å². The molecule has 0 radical (unpaired) electrons. The molecule has 3 N–H and O–H groups in total. The van der Waals surface area contributed by atoms with E-state index in [1.165, 1.54) is 0 Å². The summed E-state index contributed by atoms with van der Waals surface area (Å²) in [6, 6.07) is 6.83. The van der Waals surface area contributed by atoms with Crippen LogP contribution >= 0.6 is 12.2 Å². The number of H-pyrrole nitrogens is 1. The monoisotopic (exact) mass is 293 g/mol. The van der Waals surface area contributed by atoms with E-state index in [-0.39, 0.29) is 10.7 Å². The lowest BCUT2D eigenvalue weighted by Gasteiger charge is -2.06. The Balaban J connectivity index is 2.01. The Bertz CT molecular complexity index is 631. The van der Waals surface area contributed by atoms with Gasteiger partial charge < -0.3 is 14.8 Å². The number of aliphatic hydroxyl groups is 1. The van der Waals surface area contributed by atoms with Crippen LogP contribution in [0.1, 0.15) is 23.7 Å². The quantitative estimate of drug-likeness (QED) is 0.732. The first kappa shape index (κ1) is 14.4. The molecule has 0 aliphatic carbocycles. The molecule has 0 saturated heterocycles. The van der Waals surface area contributed by atoms with Crippen molar-refractivity contribution in [3.05, 3.63) is 34.7 Å². The van der Waals surface area contributed by atoms with Crippen LogP contribution in [0.5, 0.6) is 0 Å². The molecular formula is C13H15N3O3S.